The topological polar surface area (TPSA) is 73.9 Å². The summed E-state index contributed by atoms with van der Waals surface area (Å²) in [6, 6.07) is 13.9. The Morgan fingerprint density at radius 1 is 1.00 bits per heavy atom. The van der Waals surface area contributed by atoms with Crippen molar-refractivity contribution in [1.82, 2.24) is 5.32 Å². The first-order valence-electron chi connectivity index (χ1n) is 12.8. The minimum Gasteiger partial charge on any atom is -0.493 e. The maximum Gasteiger partial charge on any atom is 0.415 e. The summed E-state index contributed by atoms with van der Waals surface area (Å²) >= 11 is 0. The Morgan fingerprint density at radius 3 is 2.49 bits per heavy atom. The zero-order valence-corrected chi connectivity index (χ0v) is 21.1. The zero-order valence-electron chi connectivity index (χ0n) is 21.1. The number of benzene rings is 2. The fourth-order valence-electron chi connectivity index (χ4n) is 4.97. The predicted molar refractivity (Wildman–Crippen MR) is 135 cm³/mol. The van der Waals surface area contributed by atoms with Gasteiger partial charge in [-0.05, 0) is 72.8 Å². The molecule has 1 heterocycles. The predicted octanol–water partition coefficient (Wildman–Crippen LogP) is 6.48. The molecule has 2 aromatic carbocycles. The Labute approximate surface area is 208 Å². The highest BCUT2D eigenvalue weighted by atomic mass is 16.6. The molecule has 1 unspecified atom stereocenters. The van der Waals surface area contributed by atoms with Crippen molar-refractivity contribution in [2.75, 3.05) is 13.2 Å². The summed E-state index contributed by atoms with van der Waals surface area (Å²) in [5.41, 5.74) is 3.83. The number of rotatable bonds is 10. The molecule has 1 saturated heterocycles. The molecule has 4 rings (SSSR count). The highest BCUT2D eigenvalue weighted by Gasteiger charge is 2.33. The van der Waals surface area contributed by atoms with Gasteiger partial charge >= 0.3 is 6.09 Å². The van der Waals surface area contributed by atoms with Crippen molar-refractivity contribution in [1.29, 1.82) is 0 Å². The molecular formula is C29H37NO5. The first kappa shape index (κ1) is 25.1. The summed E-state index contributed by atoms with van der Waals surface area (Å²) in [5, 5.41) is 2.14. The smallest absolute Gasteiger partial charge is 0.415 e. The largest absolute Gasteiger partial charge is 0.493 e. The average molecular weight is 480 g/mol. The number of carbonyl (C=O) groups is 2. The molecule has 1 saturated carbocycles. The monoisotopic (exact) mass is 479 g/mol. The Morgan fingerprint density at radius 2 is 1.77 bits per heavy atom. The van der Waals surface area contributed by atoms with E-state index in [-0.39, 0.29) is 0 Å². The zero-order chi connectivity index (χ0) is 24.8. The summed E-state index contributed by atoms with van der Waals surface area (Å²) in [7, 11) is 0. The lowest BCUT2D eigenvalue weighted by atomic mass is 9.71. The van der Waals surface area contributed by atoms with Gasteiger partial charge in [0.15, 0.2) is 0 Å². The molecule has 0 radical (unpaired) electrons. The van der Waals surface area contributed by atoms with E-state index in [1.165, 1.54) is 36.8 Å². The van der Waals surface area contributed by atoms with E-state index in [4.69, 9.17) is 14.2 Å². The number of cyclic esters (lactones) is 1. The van der Waals surface area contributed by atoms with Gasteiger partial charge in [-0.15, -0.1) is 0 Å². The number of imide groups is 1. The van der Waals surface area contributed by atoms with Gasteiger partial charge in [-0.2, -0.15) is 0 Å². The van der Waals surface area contributed by atoms with E-state index >= 15 is 0 Å². The van der Waals surface area contributed by atoms with Gasteiger partial charge in [0.1, 0.15) is 11.5 Å². The number of carbonyl (C=O) groups excluding carboxylic acids is 2. The summed E-state index contributed by atoms with van der Waals surface area (Å²) in [4.78, 5) is 23.1. The molecule has 1 atom stereocenters. The quantitative estimate of drug-likeness (QED) is 0.395. The number of aryl methyl sites for hydroxylation is 1. The summed E-state index contributed by atoms with van der Waals surface area (Å²) in [5.74, 6) is 1.81. The fourth-order valence-corrected chi connectivity index (χ4v) is 4.97. The van der Waals surface area contributed by atoms with Gasteiger partial charge < -0.3 is 14.2 Å². The van der Waals surface area contributed by atoms with Crippen LogP contribution in [0.5, 0.6) is 11.5 Å². The van der Waals surface area contributed by atoms with Crippen LogP contribution < -0.4 is 14.8 Å². The molecule has 1 aliphatic carbocycles. The first-order valence-corrected chi connectivity index (χ1v) is 12.8. The van der Waals surface area contributed by atoms with Gasteiger partial charge in [0, 0.05) is 12.0 Å². The van der Waals surface area contributed by atoms with Crippen LogP contribution in [0, 0.1) is 5.41 Å². The van der Waals surface area contributed by atoms with Gasteiger partial charge in [-0.1, -0.05) is 51.5 Å². The van der Waals surface area contributed by atoms with Crippen LogP contribution in [0.2, 0.25) is 0 Å². The second-order valence-corrected chi connectivity index (χ2v) is 10.5. The number of hydrogen-bond acceptors (Lipinski definition) is 5. The summed E-state index contributed by atoms with van der Waals surface area (Å²) in [6.45, 7) is 8.02. The number of hydrogen-bond donors (Lipinski definition) is 1. The van der Waals surface area contributed by atoms with Gasteiger partial charge in [0.25, 0.3) is 5.91 Å². The third-order valence-corrected chi connectivity index (χ3v) is 7.08. The molecular weight excluding hydrogens is 442 g/mol. The lowest BCUT2D eigenvalue weighted by Crippen LogP contribution is -2.20. The van der Waals surface area contributed by atoms with E-state index in [9.17, 15) is 9.59 Å². The molecule has 2 aliphatic rings. The van der Waals surface area contributed by atoms with E-state index < -0.39 is 18.1 Å². The van der Waals surface area contributed by atoms with Crippen molar-refractivity contribution in [2.45, 2.75) is 77.7 Å². The molecule has 2 amide bonds. The molecule has 6 nitrogen and oxygen atoms in total. The van der Waals surface area contributed by atoms with Crippen molar-refractivity contribution >= 4 is 12.0 Å². The van der Waals surface area contributed by atoms with E-state index in [2.05, 4.69) is 44.3 Å². The number of amides is 2. The highest BCUT2D eigenvalue weighted by Crippen LogP contribution is 2.43. The van der Waals surface area contributed by atoms with Gasteiger partial charge in [0.05, 0.1) is 13.2 Å². The summed E-state index contributed by atoms with van der Waals surface area (Å²) in [6.07, 6.45) is 6.32. The maximum absolute atomic E-state index is 11.8. The van der Waals surface area contributed by atoms with Gasteiger partial charge in [-0.25, -0.2) is 4.79 Å². The highest BCUT2D eigenvalue weighted by molar-refractivity contribution is 6.00. The molecule has 2 aromatic rings. The second kappa shape index (κ2) is 11.1. The minimum atomic E-state index is -0.922. The van der Waals surface area contributed by atoms with Crippen LogP contribution >= 0.6 is 0 Å². The molecule has 0 spiro atoms. The van der Waals surface area contributed by atoms with Crippen LogP contribution in [0.15, 0.2) is 42.5 Å². The van der Waals surface area contributed by atoms with Gasteiger partial charge in [0.2, 0.25) is 6.10 Å². The van der Waals surface area contributed by atoms with E-state index in [1.54, 1.807) is 18.2 Å². The fraction of sp³-hybridized carbons (Fsp3) is 0.517. The molecule has 1 aliphatic heterocycles. The van der Waals surface area contributed by atoms with Crippen LogP contribution in [0.1, 0.15) is 88.0 Å². The minimum absolute atomic E-state index is 0.457. The maximum atomic E-state index is 11.8. The third kappa shape index (κ3) is 6.56. The van der Waals surface area contributed by atoms with Crippen molar-refractivity contribution in [3.63, 3.8) is 0 Å². The standard InChI is InChI=1S/C29H37NO5/c1-4-7-22-18-21(20-12-14-29(2,3)15-13-20)10-11-25(22)34-17-6-16-33-24-9-5-8-23(19-24)26-27(31)30-28(32)35-26/h5,8-11,18-20,26H,4,6-7,12-17H2,1-3H3,(H,30,31,32). The van der Waals surface area contributed by atoms with Crippen molar-refractivity contribution < 1.29 is 23.8 Å². The first-order chi connectivity index (χ1) is 16.8. The number of alkyl carbamates (subject to hydrolysis) is 1. The Bertz CT molecular complexity index is 1040. The molecule has 0 bridgehead atoms. The average Bonchev–Trinajstić information content (AvgIpc) is 3.18. The van der Waals surface area contributed by atoms with Crippen LogP contribution in [0.4, 0.5) is 4.79 Å². The molecule has 188 valence electrons. The number of ether oxygens (including phenoxy) is 3. The van der Waals surface area contributed by atoms with Crippen molar-refractivity contribution in [3.8, 4) is 11.5 Å². The van der Waals surface area contributed by atoms with Crippen LogP contribution in [0.3, 0.4) is 0 Å². The Kier molecular flexibility index (Phi) is 7.99. The van der Waals surface area contributed by atoms with Crippen molar-refractivity contribution in [3.05, 3.63) is 59.2 Å². The second-order valence-electron chi connectivity index (χ2n) is 10.5. The van der Waals surface area contributed by atoms with Crippen molar-refractivity contribution in [2.24, 2.45) is 5.41 Å². The molecule has 1 N–H and O–H groups in total. The SMILES string of the molecule is CCCc1cc(C2CCC(C)(C)CC2)ccc1OCCCOc1cccc(C2OC(=O)NC2=O)c1. The molecule has 6 heteroatoms. The third-order valence-electron chi connectivity index (χ3n) is 7.08. The lowest BCUT2D eigenvalue weighted by molar-refractivity contribution is -0.123. The molecule has 0 aromatic heterocycles. The van der Waals surface area contributed by atoms with Crippen LogP contribution in [-0.4, -0.2) is 25.2 Å². The van der Waals surface area contributed by atoms with Gasteiger partial charge in [-0.3, -0.25) is 10.1 Å². The van der Waals surface area contributed by atoms with Crippen LogP contribution in [-0.2, 0) is 16.0 Å². The number of nitrogens with one attached hydrogen (secondary N) is 1. The summed E-state index contributed by atoms with van der Waals surface area (Å²) < 4.78 is 17.0. The lowest BCUT2D eigenvalue weighted by Gasteiger charge is -2.34. The van der Waals surface area contributed by atoms with E-state index in [1.807, 2.05) is 6.07 Å². The Balaban J connectivity index is 1.27. The normalized spacial score (nSPS) is 19.8. The molecule has 2 fully saturated rings. The van der Waals surface area contributed by atoms with Crippen LogP contribution in [0.25, 0.3) is 0 Å². The Hall–Kier alpha value is -3.02. The van der Waals surface area contributed by atoms with E-state index in [0.717, 1.165) is 25.0 Å². The van der Waals surface area contributed by atoms with E-state index in [0.29, 0.717) is 35.9 Å². The molecule has 35 heavy (non-hydrogen) atoms.